The first-order valence-corrected chi connectivity index (χ1v) is 8.05. The number of rotatable bonds is 8. The summed E-state index contributed by atoms with van der Waals surface area (Å²) < 4.78 is 44.1. The first-order valence-electron chi connectivity index (χ1n) is 8.05. The highest BCUT2D eigenvalue weighted by atomic mass is 19.4. The van der Waals surface area contributed by atoms with Gasteiger partial charge in [0.25, 0.3) is 0 Å². The predicted octanol–water partition coefficient (Wildman–Crippen LogP) is 2.91. The second kappa shape index (κ2) is 8.70. The van der Waals surface area contributed by atoms with Crippen LogP contribution in [0.2, 0.25) is 0 Å². The van der Waals surface area contributed by atoms with Gasteiger partial charge in [0.2, 0.25) is 5.91 Å². The third-order valence-electron chi connectivity index (χ3n) is 3.44. The number of nitrogens with one attached hydrogen (secondary N) is 1. The molecule has 0 aliphatic carbocycles. The Bertz CT molecular complexity index is 731. The van der Waals surface area contributed by atoms with Gasteiger partial charge in [0.05, 0.1) is 25.4 Å². The van der Waals surface area contributed by atoms with Crippen molar-refractivity contribution in [2.45, 2.75) is 26.2 Å². The van der Waals surface area contributed by atoms with Crippen molar-refractivity contribution in [2.75, 3.05) is 25.5 Å². The molecule has 0 saturated heterocycles. The van der Waals surface area contributed by atoms with E-state index in [2.05, 4.69) is 10.3 Å². The summed E-state index contributed by atoms with van der Waals surface area (Å²) in [4.78, 5) is 17.7. The number of ether oxygens (including phenoxy) is 1. The second-order valence-electron chi connectivity index (χ2n) is 5.74. The number of carbonyl (C=O) groups is 1. The van der Waals surface area contributed by atoms with E-state index in [1.807, 2.05) is 6.92 Å². The highest BCUT2D eigenvalue weighted by Gasteiger charge is 2.29. The first-order chi connectivity index (χ1) is 12.3. The van der Waals surface area contributed by atoms with Crippen LogP contribution in [0.15, 0.2) is 36.7 Å². The number of nitrogens with zero attached hydrogens (tertiary/aromatic N) is 3. The maximum Gasteiger partial charge on any atom is 0.406 e. The van der Waals surface area contributed by atoms with Crippen LogP contribution in [0.1, 0.15) is 12.7 Å². The van der Waals surface area contributed by atoms with Crippen molar-refractivity contribution < 1.29 is 22.7 Å². The molecule has 0 aliphatic heterocycles. The van der Waals surface area contributed by atoms with Crippen LogP contribution < -0.4 is 10.1 Å². The van der Waals surface area contributed by atoms with E-state index in [1.165, 1.54) is 12.4 Å². The van der Waals surface area contributed by atoms with E-state index in [0.717, 1.165) is 4.57 Å². The lowest BCUT2D eigenvalue weighted by atomic mass is 10.3. The summed E-state index contributed by atoms with van der Waals surface area (Å²) in [7, 11) is 1.64. The Kier molecular flexibility index (Phi) is 6.62. The van der Waals surface area contributed by atoms with Crippen molar-refractivity contribution in [3.63, 3.8) is 0 Å². The molecular formula is C17H21F3N4O2. The molecule has 2 rings (SSSR count). The zero-order valence-electron chi connectivity index (χ0n) is 14.6. The molecule has 0 saturated carbocycles. The number of amides is 1. The van der Waals surface area contributed by atoms with Gasteiger partial charge in [0, 0.05) is 12.4 Å². The third-order valence-corrected chi connectivity index (χ3v) is 3.44. The number of para-hydroxylation sites is 2. The number of likely N-dealkylation sites (N-methyl/N-ethyl adjacent to an activating group) is 1. The Morgan fingerprint density at radius 2 is 2.08 bits per heavy atom. The molecule has 1 N–H and O–H groups in total. The molecule has 0 bridgehead atoms. The normalized spacial score (nSPS) is 11.6. The minimum atomic E-state index is -4.33. The van der Waals surface area contributed by atoms with Crippen molar-refractivity contribution >= 4 is 11.6 Å². The second-order valence-corrected chi connectivity index (χ2v) is 5.74. The summed E-state index contributed by atoms with van der Waals surface area (Å²) in [5, 5.41) is 2.75. The lowest BCUT2D eigenvalue weighted by Crippen LogP contribution is -2.31. The number of alkyl halides is 3. The number of hydrogen-bond donors (Lipinski definition) is 1. The number of imidazole rings is 1. The average Bonchev–Trinajstić information content (AvgIpc) is 2.94. The number of carbonyl (C=O) groups excluding carboxylic acids is 1. The molecule has 1 heterocycles. The van der Waals surface area contributed by atoms with Gasteiger partial charge in [-0.3, -0.25) is 9.69 Å². The number of aromatic nitrogens is 2. The zero-order chi connectivity index (χ0) is 19.2. The summed E-state index contributed by atoms with van der Waals surface area (Å²) in [5.74, 6) is 0.507. The van der Waals surface area contributed by atoms with Gasteiger partial charge >= 0.3 is 6.18 Å². The Morgan fingerprint density at radius 1 is 1.35 bits per heavy atom. The smallest absolute Gasteiger partial charge is 0.406 e. The fraction of sp³-hybridized carbons (Fsp3) is 0.412. The van der Waals surface area contributed by atoms with E-state index in [-0.39, 0.29) is 24.8 Å². The largest absolute Gasteiger partial charge is 0.492 e. The van der Waals surface area contributed by atoms with E-state index in [9.17, 15) is 18.0 Å². The summed E-state index contributed by atoms with van der Waals surface area (Å²) in [6, 6.07) is 7.04. The van der Waals surface area contributed by atoms with Crippen LogP contribution in [0.4, 0.5) is 18.9 Å². The van der Waals surface area contributed by atoms with Gasteiger partial charge in [0.15, 0.2) is 0 Å². The van der Waals surface area contributed by atoms with E-state index < -0.39 is 12.7 Å². The fourth-order valence-corrected chi connectivity index (χ4v) is 2.41. The Morgan fingerprint density at radius 3 is 2.77 bits per heavy atom. The van der Waals surface area contributed by atoms with Crippen molar-refractivity contribution in [1.29, 1.82) is 0 Å². The minimum absolute atomic E-state index is 0.000658. The van der Waals surface area contributed by atoms with Gasteiger partial charge in [-0.05, 0) is 26.1 Å². The highest BCUT2D eigenvalue weighted by molar-refractivity contribution is 5.93. The van der Waals surface area contributed by atoms with Crippen LogP contribution in [0.3, 0.4) is 0 Å². The van der Waals surface area contributed by atoms with Crippen LogP contribution in [-0.2, 0) is 17.9 Å². The molecule has 142 valence electrons. The molecule has 9 heteroatoms. The number of halogens is 3. The van der Waals surface area contributed by atoms with Gasteiger partial charge < -0.3 is 14.6 Å². The molecule has 0 spiro atoms. The van der Waals surface area contributed by atoms with E-state index in [1.54, 1.807) is 36.2 Å². The molecule has 26 heavy (non-hydrogen) atoms. The lowest BCUT2D eigenvalue weighted by Gasteiger charge is -2.18. The average molecular weight is 370 g/mol. The standard InChI is InChI=1S/C17H21F3N4O2/c1-3-26-14-7-5-4-6-13(14)22-16(25)11-23(2)10-15-21-8-9-24(15)12-17(18,19)20/h4-9H,3,10-12H2,1-2H3,(H,22,25). The molecule has 1 amide bonds. The summed E-state index contributed by atoms with van der Waals surface area (Å²) in [6.45, 7) is 1.32. The van der Waals surface area contributed by atoms with Crippen LogP contribution in [0.5, 0.6) is 5.75 Å². The van der Waals surface area contributed by atoms with Crippen molar-refractivity contribution in [1.82, 2.24) is 14.5 Å². The van der Waals surface area contributed by atoms with Crippen molar-refractivity contribution in [3.05, 3.63) is 42.5 Å². The van der Waals surface area contributed by atoms with E-state index in [4.69, 9.17) is 4.74 Å². The summed E-state index contributed by atoms with van der Waals surface area (Å²) in [5.41, 5.74) is 0.548. The Hall–Kier alpha value is -2.55. The molecule has 2 aromatic rings. The van der Waals surface area contributed by atoms with Crippen LogP contribution in [0.25, 0.3) is 0 Å². The third kappa shape index (κ3) is 6.07. The minimum Gasteiger partial charge on any atom is -0.492 e. The van der Waals surface area contributed by atoms with Crippen LogP contribution >= 0.6 is 0 Å². The van der Waals surface area contributed by atoms with Crippen molar-refractivity contribution in [3.8, 4) is 5.75 Å². The van der Waals surface area contributed by atoms with Gasteiger partial charge in [-0.1, -0.05) is 12.1 Å². The molecule has 0 fully saturated rings. The summed E-state index contributed by atoms with van der Waals surface area (Å²) >= 11 is 0. The molecule has 6 nitrogen and oxygen atoms in total. The molecular weight excluding hydrogens is 349 g/mol. The van der Waals surface area contributed by atoms with Crippen LogP contribution in [0, 0.1) is 0 Å². The quantitative estimate of drug-likeness (QED) is 0.776. The zero-order valence-corrected chi connectivity index (χ0v) is 14.6. The first kappa shape index (κ1) is 19.8. The number of benzene rings is 1. The predicted molar refractivity (Wildman–Crippen MR) is 90.9 cm³/mol. The van der Waals surface area contributed by atoms with E-state index in [0.29, 0.717) is 18.0 Å². The fourth-order valence-electron chi connectivity index (χ4n) is 2.41. The van der Waals surface area contributed by atoms with Gasteiger partial charge in [-0.25, -0.2) is 4.98 Å². The molecule has 1 aromatic heterocycles. The van der Waals surface area contributed by atoms with Gasteiger partial charge in [-0.15, -0.1) is 0 Å². The highest BCUT2D eigenvalue weighted by Crippen LogP contribution is 2.23. The molecule has 0 radical (unpaired) electrons. The maximum absolute atomic E-state index is 12.6. The van der Waals surface area contributed by atoms with Gasteiger partial charge in [-0.2, -0.15) is 13.2 Å². The number of hydrogen-bond acceptors (Lipinski definition) is 4. The maximum atomic E-state index is 12.6. The Balaban J connectivity index is 1.93. The topological polar surface area (TPSA) is 59.4 Å². The van der Waals surface area contributed by atoms with Gasteiger partial charge in [0.1, 0.15) is 18.1 Å². The Labute approximate surface area is 149 Å². The molecule has 0 aliphatic rings. The SMILES string of the molecule is CCOc1ccccc1NC(=O)CN(C)Cc1nccn1CC(F)(F)F. The van der Waals surface area contributed by atoms with Crippen molar-refractivity contribution in [2.24, 2.45) is 0 Å². The number of anilines is 1. The summed E-state index contributed by atoms with van der Waals surface area (Å²) in [6.07, 6.45) is -1.74. The molecule has 0 atom stereocenters. The van der Waals surface area contributed by atoms with E-state index >= 15 is 0 Å². The lowest BCUT2D eigenvalue weighted by molar-refractivity contribution is -0.141. The molecule has 0 unspecified atom stereocenters. The van der Waals surface area contributed by atoms with Crippen LogP contribution in [-0.4, -0.2) is 46.7 Å². The molecule has 1 aromatic carbocycles. The monoisotopic (exact) mass is 370 g/mol.